The van der Waals surface area contributed by atoms with Gasteiger partial charge in [-0.25, -0.2) is 4.79 Å². The van der Waals surface area contributed by atoms with Gasteiger partial charge in [-0.1, -0.05) is 29.8 Å². The SMILES string of the molecule is COC(=O)c1ccc(Cl)cc1-c1ccccc1C#N. The molecule has 0 N–H and O–H groups in total. The fourth-order valence-corrected chi connectivity index (χ4v) is 2.01. The number of nitrogens with zero attached hydrogens (tertiary/aromatic N) is 1. The predicted molar refractivity (Wildman–Crippen MR) is 72.9 cm³/mol. The van der Waals surface area contributed by atoms with Crippen molar-refractivity contribution < 1.29 is 9.53 Å². The first-order valence-corrected chi connectivity index (χ1v) is 5.92. The highest BCUT2D eigenvalue weighted by Crippen LogP contribution is 2.30. The third-order valence-corrected chi connectivity index (χ3v) is 2.96. The maximum Gasteiger partial charge on any atom is 0.338 e. The lowest BCUT2D eigenvalue weighted by Gasteiger charge is -2.10. The largest absolute Gasteiger partial charge is 0.465 e. The molecule has 0 aromatic heterocycles. The minimum atomic E-state index is -0.459. The third kappa shape index (κ3) is 2.59. The van der Waals surface area contributed by atoms with Gasteiger partial charge < -0.3 is 4.74 Å². The number of carbonyl (C=O) groups is 1. The van der Waals surface area contributed by atoms with Crippen LogP contribution in [-0.4, -0.2) is 13.1 Å². The van der Waals surface area contributed by atoms with Gasteiger partial charge in [-0.05, 0) is 29.8 Å². The standard InChI is InChI=1S/C15H10ClNO2/c1-19-15(18)13-7-6-11(16)8-14(13)12-5-3-2-4-10(12)9-17/h2-8H,1H3. The van der Waals surface area contributed by atoms with Crippen molar-refractivity contribution >= 4 is 17.6 Å². The lowest BCUT2D eigenvalue weighted by molar-refractivity contribution is 0.0601. The Labute approximate surface area is 116 Å². The molecule has 0 amide bonds. The molecule has 0 heterocycles. The molecule has 2 aromatic carbocycles. The van der Waals surface area contributed by atoms with E-state index in [2.05, 4.69) is 6.07 Å². The second-order valence-electron chi connectivity index (χ2n) is 3.84. The average Bonchev–Trinajstić information content (AvgIpc) is 2.46. The zero-order chi connectivity index (χ0) is 13.8. The van der Waals surface area contributed by atoms with E-state index in [1.54, 1.807) is 42.5 Å². The van der Waals surface area contributed by atoms with Gasteiger partial charge in [0.2, 0.25) is 0 Å². The first-order chi connectivity index (χ1) is 9.17. The van der Waals surface area contributed by atoms with Crippen LogP contribution in [0.25, 0.3) is 11.1 Å². The lowest BCUT2D eigenvalue weighted by Crippen LogP contribution is -2.04. The van der Waals surface area contributed by atoms with Crippen molar-refractivity contribution in [2.75, 3.05) is 7.11 Å². The summed E-state index contributed by atoms with van der Waals surface area (Å²) in [4.78, 5) is 11.8. The van der Waals surface area contributed by atoms with E-state index in [0.29, 0.717) is 27.3 Å². The van der Waals surface area contributed by atoms with E-state index in [-0.39, 0.29) is 0 Å². The number of rotatable bonds is 2. The van der Waals surface area contributed by atoms with E-state index in [1.807, 2.05) is 0 Å². The monoisotopic (exact) mass is 271 g/mol. The highest BCUT2D eigenvalue weighted by Gasteiger charge is 2.15. The molecule has 4 heteroatoms. The summed E-state index contributed by atoms with van der Waals surface area (Å²) in [6, 6.07) is 14.0. The molecule has 0 spiro atoms. The fraction of sp³-hybridized carbons (Fsp3) is 0.0667. The van der Waals surface area contributed by atoms with E-state index in [4.69, 9.17) is 21.6 Å². The molecule has 2 rings (SSSR count). The minimum Gasteiger partial charge on any atom is -0.465 e. The predicted octanol–water partition coefficient (Wildman–Crippen LogP) is 3.67. The highest BCUT2D eigenvalue weighted by molar-refractivity contribution is 6.31. The quantitative estimate of drug-likeness (QED) is 0.783. The Kier molecular flexibility index (Phi) is 3.84. The maximum absolute atomic E-state index is 11.8. The van der Waals surface area contributed by atoms with Gasteiger partial charge in [-0.15, -0.1) is 0 Å². The summed E-state index contributed by atoms with van der Waals surface area (Å²) in [7, 11) is 1.32. The first-order valence-electron chi connectivity index (χ1n) is 5.54. The second kappa shape index (κ2) is 5.55. The normalized spacial score (nSPS) is 9.74. The van der Waals surface area contributed by atoms with Gasteiger partial charge >= 0.3 is 5.97 Å². The minimum absolute atomic E-state index is 0.384. The summed E-state index contributed by atoms with van der Waals surface area (Å²) >= 11 is 5.98. The summed E-state index contributed by atoms with van der Waals surface area (Å²) < 4.78 is 4.75. The number of hydrogen-bond acceptors (Lipinski definition) is 3. The zero-order valence-electron chi connectivity index (χ0n) is 10.2. The Morgan fingerprint density at radius 1 is 1.21 bits per heavy atom. The molecule has 94 valence electrons. The van der Waals surface area contributed by atoms with Crippen LogP contribution in [-0.2, 0) is 4.74 Å². The molecule has 2 aromatic rings. The topological polar surface area (TPSA) is 50.1 Å². The Hall–Kier alpha value is -2.31. The fourth-order valence-electron chi connectivity index (χ4n) is 1.84. The van der Waals surface area contributed by atoms with Crippen LogP contribution >= 0.6 is 11.6 Å². The van der Waals surface area contributed by atoms with Crippen LogP contribution in [0.2, 0.25) is 5.02 Å². The number of esters is 1. The molecule has 0 unspecified atom stereocenters. The second-order valence-corrected chi connectivity index (χ2v) is 4.28. The Bertz CT molecular complexity index is 674. The van der Waals surface area contributed by atoms with Crippen molar-refractivity contribution in [2.24, 2.45) is 0 Å². The van der Waals surface area contributed by atoms with Crippen molar-refractivity contribution in [1.82, 2.24) is 0 Å². The van der Waals surface area contributed by atoms with Crippen LogP contribution in [0.1, 0.15) is 15.9 Å². The van der Waals surface area contributed by atoms with Crippen molar-refractivity contribution in [2.45, 2.75) is 0 Å². The lowest BCUT2D eigenvalue weighted by atomic mass is 9.96. The van der Waals surface area contributed by atoms with Crippen molar-refractivity contribution in [3.05, 3.63) is 58.6 Å². The van der Waals surface area contributed by atoms with Crippen LogP contribution in [0.3, 0.4) is 0 Å². The van der Waals surface area contributed by atoms with Crippen molar-refractivity contribution in [3.8, 4) is 17.2 Å². The molecule has 19 heavy (non-hydrogen) atoms. The molecule has 0 fully saturated rings. The van der Waals surface area contributed by atoms with Gasteiger partial charge in [-0.3, -0.25) is 0 Å². The van der Waals surface area contributed by atoms with Crippen molar-refractivity contribution in [3.63, 3.8) is 0 Å². The zero-order valence-corrected chi connectivity index (χ0v) is 10.9. The summed E-state index contributed by atoms with van der Waals surface area (Å²) in [5, 5.41) is 9.63. The van der Waals surface area contributed by atoms with E-state index in [0.717, 1.165) is 0 Å². The van der Waals surface area contributed by atoms with Crippen LogP contribution in [0, 0.1) is 11.3 Å². The van der Waals surface area contributed by atoms with Gasteiger partial charge in [0.25, 0.3) is 0 Å². The molecular weight excluding hydrogens is 262 g/mol. The Balaban J connectivity index is 2.71. The number of halogens is 1. The molecule has 0 saturated carbocycles. The van der Waals surface area contributed by atoms with Gasteiger partial charge in [0.15, 0.2) is 0 Å². The molecule has 0 aliphatic rings. The molecule has 0 saturated heterocycles. The summed E-state index contributed by atoms with van der Waals surface area (Å²) in [5.74, 6) is -0.459. The highest BCUT2D eigenvalue weighted by atomic mass is 35.5. The average molecular weight is 272 g/mol. The molecule has 0 aliphatic heterocycles. The molecular formula is C15H10ClNO2. The first kappa shape index (κ1) is 13.1. The number of ether oxygens (including phenoxy) is 1. The molecule has 0 bridgehead atoms. The number of benzene rings is 2. The smallest absolute Gasteiger partial charge is 0.338 e. The number of carbonyl (C=O) groups excluding carboxylic acids is 1. The number of nitriles is 1. The van der Waals surface area contributed by atoms with E-state index in [9.17, 15) is 4.79 Å². The van der Waals surface area contributed by atoms with Crippen LogP contribution in [0.4, 0.5) is 0 Å². The third-order valence-electron chi connectivity index (χ3n) is 2.72. The summed E-state index contributed by atoms with van der Waals surface area (Å²) in [6.45, 7) is 0. The van der Waals surface area contributed by atoms with Gasteiger partial charge in [-0.2, -0.15) is 5.26 Å². The van der Waals surface area contributed by atoms with Crippen LogP contribution < -0.4 is 0 Å². The Morgan fingerprint density at radius 3 is 2.63 bits per heavy atom. The van der Waals surface area contributed by atoms with E-state index in [1.165, 1.54) is 7.11 Å². The number of hydrogen-bond donors (Lipinski definition) is 0. The van der Waals surface area contributed by atoms with Gasteiger partial charge in [0, 0.05) is 10.6 Å². The van der Waals surface area contributed by atoms with Crippen molar-refractivity contribution in [1.29, 1.82) is 5.26 Å². The molecule has 0 radical (unpaired) electrons. The number of methoxy groups -OCH3 is 1. The molecule has 0 aliphatic carbocycles. The van der Waals surface area contributed by atoms with Gasteiger partial charge in [0.05, 0.1) is 24.3 Å². The molecule has 0 atom stereocenters. The van der Waals surface area contributed by atoms with Gasteiger partial charge in [0.1, 0.15) is 0 Å². The summed E-state index contributed by atoms with van der Waals surface area (Å²) in [6.07, 6.45) is 0. The van der Waals surface area contributed by atoms with E-state index < -0.39 is 5.97 Å². The van der Waals surface area contributed by atoms with Crippen LogP contribution in [0.5, 0.6) is 0 Å². The summed E-state index contributed by atoms with van der Waals surface area (Å²) in [5.41, 5.74) is 2.12. The molecule has 3 nitrogen and oxygen atoms in total. The van der Waals surface area contributed by atoms with E-state index >= 15 is 0 Å². The maximum atomic E-state index is 11.8. The van der Waals surface area contributed by atoms with Crippen LogP contribution in [0.15, 0.2) is 42.5 Å². The Morgan fingerprint density at radius 2 is 1.95 bits per heavy atom.